The van der Waals surface area contributed by atoms with Gasteiger partial charge in [-0.3, -0.25) is 0 Å². The van der Waals surface area contributed by atoms with Crippen LogP contribution >= 0.6 is 11.6 Å². The summed E-state index contributed by atoms with van der Waals surface area (Å²) in [6.07, 6.45) is 3.25. The third-order valence-electron chi connectivity index (χ3n) is 2.91. The third kappa shape index (κ3) is 4.04. The molecule has 4 nitrogen and oxygen atoms in total. The molecule has 1 aliphatic heterocycles. The molecule has 0 N–H and O–H groups in total. The Morgan fingerprint density at radius 2 is 2.19 bits per heavy atom. The molecule has 0 fully saturated rings. The van der Waals surface area contributed by atoms with Gasteiger partial charge in [0, 0.05) is 6.42 Å². The van der Waals surface area contributed by atoms with E-state index in [0.717, 1.165) is 0 Å². The average molecular weight is 332 g/mol. The number of benzene rings is 1. The molecule has 1 aromatic carbocycles. The average Bonchev–Trinajstić information content (AvgIpc) is 2.73. The fourth-order valence-electron chi connectivity index (χ4n) is 1.80. The third-order valence-corrected chi connectivity index (χ3v) is 4.80. The summed E-state index contributed by atoms with van der Waals surface area (Å²) in [5.74, 6) is -0.650. The lowest BCUT2D eigenvalue weighted by molar-refractivity contribution is 0.0123. The molecule has 0 unspecified atom stereocenters. The van der Waals surface area contributed by atoms with Crippen molar-refractivity contribution in [3.8, 4) is 0 Å². The molecule has 114 valence electrons. The van der Waals surface area contributed by atoms with E-state index in [1.54, 1.807) is 19.9 Å². The summed E-state index contributed by atoms with van der Waals surface area (Å²) in [5, 5.41) is 3.91. The maximum Gasteiger partial charge on any atom is 0.198 e. The maximum absolute atomic E-state index is 12.9. The molecular formula is C14H15ClFNO3S. The van der Waals surface area contributed by atoms with Gasteiger partial charge in [0.25, 0.3) is 0 Å². The molecule has 0 aromatic heterocycles. The molecule has 0 saturated carbocycles. The van der Waals surface area contributed by atoms with Gasteiger partial charge in [0.05, 0.1) is 10.8 Å². The van der Waals surface area contributed by atoms with Gasteiger partial charge in [0.1, 0.15) is 11.4 Å². The minimum absolute atomic E-state index is 0.0438. The lowest BCUT2D eigenvalue weighted by Gasteiger charge is -2.12. The molecule has 21 heavy (non-hydrogen) atoms. The zero-order valence-electron chi connectivity index (χ0n) is 11.6. The first-order valence-corrected chi connectivity index (χ1v) is 8.32. The van der Waals surface area contributed by atoms with E-state index in [-0.39, 0.29) is 22.2 Å². The normalized spacial score (nSPS) is 17.8. The zero-order chi connectivity index (χ0) is 15.7. The largest absolute Gasteiger partial charge is 0.389 e. The van der Waals surface area contributed by atoms with E-state index < -0.39 is 21.3 Å². The van der Waals surface area contributed by atoms with Gasteiger partial charge in [-0.15, -0.1) is 0 Å². The molecular weight excluding hydrogens is 317 g/mol. The molecule has 1 aromatic rings. The molecule has 0 bridgehead atoms. The Labute approximate surface area is 128 Å². The lowest BCUT2D eigenvalue weighted by Crippen LogP contribution is -2.23. The lowest BCUT2D eigenvalue weighted by atomic mass is 10.1. The SMILES string of the molecule is CC1(C)CC(S(=O)(=O)CC=Cc2ccc(F)cc2Cl)=NO1. The van der Waals surface area contributed by atoms with Crippen molar-refractivity contribution in [1.82, 2.24) is 0 Å². The van der Waals surface area contributed by atoms with Crippen LogP contribution in [0.4, 0.5) is 4.39 Å². The van der Waals surface area contributed by atoms with E-state index >= 15 is 0 Å². The number of rotatable bonds is 3. The van der Waals surface area contributed by atoms with Gasteiger partial charge in [-0.25, -0.2) is 12.8 Å². The van der Waals surface area contributed by atoms with Crippen molar-refractivity contribution in [2.75, 3.05) is 5.75 Å². The van der Waals surface area contributed by atoms with Crippen molar-refractivity contribution in [3.05, 3.63) is 40.7 Å². The quantitative estimate of drug-likeness (QED) is 0.852. The predicted molar refractivity (Wildman–Crippen MR) is 81.4 cm³/mol. The molecule has 1 heterocycles. The summed E-state index contributed by atoms with van der Waals surface area (Å²) in [7, 11) is -3.50. The van der Waals surface area contributed by atoms with Crippen molar-refractivity contribution < 1.29 is 17.6 Å². The predicted octanol–water partition coefficient (Wildman–Crippen LogP) is 3.42. The van der Waals surface area contributed by atoms with Crippen LogP contribution in [0.15, 0.2) is 29.4 Å². The van der Waals surface area contributed by atoms with Crippen LogP contribution in [0.25, 0.3) is 6.08 Å². The van der Waals surface area contributed by atoms with Gasteiger partial charge in [-0.2, -0.15) is 0 Å². The van der Waals surface area contributed by atoms with Gasteiger partial charge in [0.15, 0.2) is 14.9 Å². The first-order valence-electron chi connectivity index (χ1n) is 6.29. The van der Waals surface area contributed by atoms with E-state index in [9.17, 15) is 12.8 Å². The molecule has 0 atom stereocenters. The van der Waals surface area contributed by atoms with Crippen LogP contribution in [-0.2, 0) is 14.7 Å². The van der Waals surface area contributed by atoms with Crippen LogP contribution in [0.3, 0.4) is 0 Å². The monoisotopic (exact) mass is 331 g/mol. The maximum atomic E-state index is 12.9. The van der Waals surface area contributed by atoms with Crippen LogP contribution in [0.1, 0.15) is 25.8 Å². The van der Waals surface area contributed by atoms with Crippen molar-refractivity contribution in [2.24, 2.45) is 5.16 Å². The second-order valence-electron chi connectivity index (χ2n) is 5.36. The number of halogens is 2. The van der Waals surface area contributed by atoms with E-state index in [1.165, 1.54) is 24.3 Å². The first kappa shape index (κ1) is 16.0. The van der Waals surface area contributed by atoms with Gasteiger partial charge < -0.3 is 4.84 Å². The smallest absolute Gasteiger partial charge is 0.198 e. The van der Waals surface area contributed by atoms with Crippen LogP contribution < -0.4 is 0 Å². The Hall–Kier alpha value is -1.40. The minimum atomic E-state index is -3.50. The molecule has 0 spiro atoms. The van der Waals surface area contributed by atoms with Crippen LogP contribution in [-0.4, -0.2) is 24.8 Å². The number of hydrogen-bond donors (Lipinski definition) is 0. The minimum Gasteiger partial charge on any atom is -0.389 e. The number of hydrogen-bond acceptors (Lipinski definition) is 4. The Morgan fingerprint density at radius 3 is 2.76 bits per heavy atom. The van der Waals surface area contributed by atoms with E-state index in [2.05, 4.69) is 5.16 Å². The molecule has 2 rings (SSSR count). The van der Waals surface area contributed by atoms with Crippen LogP contribution in [0, 0.1) is 5.82 Å². The molecule has 0 radical (unpaired) electrons. The van der Waals surface area contributed by atoms with Crippen molar-refractivity contribution >= 4 is 32.6 Å². The van der Waals surface area contributed by atoms with Gasteiger partial charge >= 0.3 is 0 Å². The van der Waals surface area contributed by atoms with E-state index in [4.69, 9.17) is 16.4 Å². The zero-order valence-corrected chi connectivity index (χ0v) is 13.2. The Kier molecular flexibility index (Phi) is 4.39. The summed E-state index contributed by atoms with van der Waals surface area (Å²) in [5.41, 5.74) is -0.0370. The standard InChI is InChI=1S/C14H15ClFNO3S/c1-14(2)9-13(17-20-14)21(18,19)7-3-4-10-5-6-11(16)8-12(10)15/h3-6,8H,7,9H2,1-2H3. The molecule has 0 amide bonds. The van der Waals surface area contributed by atoms with Gasteiger partial charge in [-0.1, -0.05) is 35.0 Å². The first-order chi connectivity index (χ1) is 9.70. The van der Waals surface area contributed by atoms with Gasteiger partial charge in [0.2, 0.25) is 0 Å². The second kappa shape index (κ2) is 5.77. The molecule has 0 saturated heterocycles. The van der Waals surface area contributed by atoms with Gasteiger partial charge in [-0.05, 0) is 31.5 Å². The summed E-state index contributed by atoms with van der Waals surface area (Å²) >= 11 is 5.86. The number of nitrogens with zero attached hydrogens (tertiary/aromatic N) is 1. The summed E-state index contributed by atoms with van der Waals surface area (Å²) in [6.45, 7) is 3.54. The summed E-state index contributed by atoms with van der Waals surface area (Å²) < 4.78 is 37.1. The molecule has 7 heteroatoms. The fraction of sp³-hybridized carbons (Fsp3) is 0.357. The number of sulfone groups is 1. The molecule has 1 aliphatic rings. The van der Waals surface area contributed by atoms with E-state index in [1.807, 2.05) is 0 Å². The van der Waals surface area contributed by atoms with Crippen LogP contribution in [0.5, 0.6) is 0 Å². The second-order valence-corrected chi connectivity index (χ2v) is 7.80. The van der Waals surface area contributed by atoms with Crippen LogP contribution in [0.2, 0.25) is 5.02 Å². The highest BCUT2D eigenvalue weighted by Gasteiger charge is 2.35. The van der Waals surface area contributed by atoms with Crippen molar-refractivity contribution in [1.29, 1.82) is 0 Å². The fourth-order valence-corrected chi connectivity index (χ4v) is 3.30. The Bertz CT molecular complexity index is 711. The highest BCUT2D eigenvalue weighted by atomic mass is 35.5. The Balaban J connectivity index is 2.07. The highest BCUT2D eigenvalue weighted by Crippen LogP contribution is 2.25. The van der Waals surface area contributed by atoms with E-state index in [0.29, 0.717) is 5.56 Å². The molecule has 0 aliphatic carbocycles. The number of oxime groups is 1. The summed E-state index contributed by atoms with van der Waals surface area (Å²) in [4.78, 5) is 5.06. The summed E-state index contributed by atoms with van der Waals surface area (Å²) in [6, 6.07) is 3.92. The topological polar surface area (TPSA) is 55.7 Å². The highest BCUT2D eigenvalue weighted by molar-refractivity contribution is 8.06. The van der Waals surface area contributed by atoms with Crippen molar-refractivity contribution in [2.45, 2.75) is 25.9 Å². The van der Waals surface area contributed by atoms with Crippen molar-refractivity contribution in [3.63, 3.8) is 0 Å². The Morgan fingerprint density at radius 1 is 1.48 bits per heavy atom.